The second kappa shape index (κ2) is 5.20. The van der Waals surface area contributed by atoms with Gasteiger partial charge in [-0.15, -0.1) is 0 Å². The lowest BCUT2D eigenvalue weighted by atomic mass is 9.96. The smallest absolute Gasteiger partial charge is 0.0613 e. The van der Waals surface area contributed by atoms with E-state index in [1.165, 1.54) is 33.3 Å². The second-order valence-electron chi connectivity index (χ2n) is 7.37. The number of hydrogen-bond acceptors (Lipinski definition) is 2. The molecule has 0 saturated carbocycles. The van der Waals surface area contributed by atoms with Crippen LogP contribution in [0.15, 0.2) is 48.5 Å². The Balaban J connectivity index is 1.71. The molecule has 0 aliphatic carbocycles. The van der Waals surface area contributed by atoms with Crippen molar-refractivity contribution in [3.8, 4) is 0 Å². The maximum Gasteiger partial charge on any atom is 0.0613 e. The fourth-order valence-electron chi connectivity index (χ4n) is 4.55. The zero-order valence-electron chi connectivity index (χ0n) is 14.3. The Labute approximate surface area is 142 Å². The fourth-order valence-corrected chi connectivity index (χ4v) is 4.55. The molecule has 1 aromatic heterocycles. The Morgan fingerprint density at radius 1 is 1.00 bits per heavy atom. The lowest BCUT2D eigenvalue weighted by Crippen LogP contribution is -2.44. The minimum absolute atomic E-state index is 0.375. The molecule has 2 unspecified atom stereocenters. The lowest BCUT2D eigenvalue weighted by Gasteiger charge is -2.39. The molecule has 0 fully saturated rings. The molecule has 0 saturated heterocycles. The first-order valence-corrected chi connectivity index (χ1v) is 8.82. The third-order valence-corrected chi connectivity index (χ3v) is 5.59. The van der Waals surface area contributed by atoms with Crippen molar-refractivity contribution in [2.45, 2.75) is 32.1 Å². The minimum atomic E-state index is 0.375. The Hall–Kier alpha value is -2.10. The predicted octanol–water partition coefficient (Wildman–Crippen LogP) is 3.78. The van der Waals surface area contributed by atoms with E-state index in [0.717, 1.165) is 19.6 Å². The van der Waals surface area contributed by atoms with Gasteiger partial charge in [-0.25, -0.2) is 0 Å². The quantitative estimate of drug-likeness (QED) is 0.737. The van der Waals surface area contributed by atoms with Crippen molar-refractivity contribution in [3.63, 3.8) is 0 Å². The molecule has 0 radical (unpaired) electrons. The average molecular weight is 317 g/mol. The molecular weight excluding hydrogens is 294 g/mol. The Bertz CT molecular complexity index is 910. The highest BCUT2D eigenvalue weighted by Crippen LogP contribution is 2.40. The lowest BCUT2D eigenvalue weighted by molar-refractivity contribution is 0.218. The standard InChI is InChI=1S/C21H23N3/c1-14-8-9-20-16(10-14)17-11-23(2)12-19-21(17)24(20)13-18(22-19)15-6-4-3-5-7-15/h3-10,18-19,22H,11-13H2,1-2H3. The second-order valence-corrected chi connectivity index (χ2v) is 7.37. The van der Waals surface area contributed by atoms with Crippen LogP contribution < -0.4 is 5.32 Å². The fraction of sp³-hybridized carbons (Fsp3) is 0.333. The molecule has 2 aromatic carbocycles. The van der Waals surface area contributed by atoms with Gasteiger partial charge >= 0.3 is 0 Å². The van der Waals surface area contributed by atoms with E-state index in [9.17, 15) is 0 Å². The Morgan fingerprint density at radius 2 is 1.83 bits per heavy atom. The van der Waals surface area contributed by atoms with E-state index in [1.807, 2.05) is 0 Å². The number of aromatic nitrogens is 1. The molecule has 122 valence electrons. The van der Waals surface area contributed by atoms with E-state index in [4.69, 9.17) is 0 Å². The van der Waals surface area contributed by atoms with Gasteiger partial charge in [0.1, 0.15) is 0 Å². The van der Waals surface area contributed by atoms with Gasteiger partial charge in [0.15, 0.2) is 0 Å². The molecule has 0 bridgehead atoms. The molecule has 1 N–H and O–H groups in total. The van der Waals surface area contributed by atoms with Gasteiger partial charge in [-0.1, -0.05) is 42.0 Å². The molecule has 0 spiro atoms. The summed E-state index contributed by atoms with van der Waals surface area (Å²) < 4.78 is 2.58. The maximum atomic E-state index is 3.91. The van der Waals surface area contributed by atoms with Crippen LogP contribution in [-0.4, -0.2) is 23.1 Å². The molecule has 3 aromatic rings. The summed E-state index contributed by atoms with van der Waals surface area (Å²) >= 11 is 0. The van der Waals surface area contributed by atoms with Crippen molar-refractivity contribution in [1.82, 2.24) is 14.8 Å². The summed E-state index contributed by atoms with van der Waals surface area (Å²) in [7, 11) is 2.23. The third kappa shape index (κ3) is 2.05. The van der Waals surface area contributed by atoms with Crippen molar-refractivity contribution in [1.29, 1.82) is 0 Å². The highest BCUT2D eigenvalue weighted by Gasteiger charge is 2.35. The molecule has 24 heavy (non-hydrogen) atoms. The molecule has 2 atom stereocenters. The summed E-state index contributed by atoms with van der Waals surface area (Å²) in [5.74, 6) is 0. The van der Waals surface area contributed by atoms with Gasteiger partial charge in [-0.05, 0) is 37.2 Å². The van der Waals surface area contributed by atoms with E-state index >= 15 is 0 Å². The van der Waals surface area contributed by atoms with Crippen LogP contribution in [0.3, 0.4) is 0 Å². The first kappa shape index (κ1) is 14.3. The van der Waals surface area contributed by atoms with Gasteiger partial charge in [-0.2, -0.15) is 0 Å². The van der Waals surface area contributed by atoms with E-state index in [1.54, 1.807) is 0 Å². The van der Waals surface area contributed by atoms with Crippen LogP contribution in [0.4, 0.5) is 0 Å². The predicted molar refractivity (Wildman–Crippen MR) is 98.1 cm³/mol. The largest absolute Gasteiger partial charge is 0.341 e. The molecule has 3 nitrogen and oxygen atoms in total. The van der Waals surface area contributed by atoms with Crippen molar-refractivity contribution in [3.05, 3.63) is 70.9 Å². The van der Waals surface area contributed by atoms with Crippen molar-refractivity contribution >= 4 is 10.9 Å². The van der Waals surface area contributed by atoms with Gasteiger partial charge in [0, 0.05) is 36.2 Å². The number of benzene rings is 2. The van der Waals surface area contributed by atoms with Gasteiger partial charge in [0.2, 0.25) is 0 Å². The van der Waals surface area contributed by atoms with Gasteiger partial charge in [-0.3, -0.25) is 5.32 Å². The normalized spacial score (nSPS) is 23.4. The Morgan fingerprint density at radius 3 is 2.67 bits per heavy atom. The average Bonchev–Trinajstić information content (AvgIpc) is 2.90. The zero-order valence-corrected chi connectivity index (χ0v) is 14.3. The first-order chi connectivity index (χ1) is 11.7. The first-order valence-electron chi connectivity index (χ1n) is 8.82. The molecule has 3 heteroatoms. The number of nitrogens with one attached hydrogen (secondary N) is 1. The van der Waals surface area contributed by atoms with E-state index in [0.29, 0.717) is 12.1 Å². The number of hydrogen-bond donors (Lipinski definition) is 1. The van der Waals surface area contributed by atoms with E-state index < -0.39 is 0 Å². The summed E-state index contributed by atoms with van der Waals surface area (Å²) in [6.07, 6.45) is 0. The summed E-state index contributed by atoms with van der Waals surface area (Å²) in [6, 6.07) is 18.6. The van der Waals surface area contributed by atoms with Crippen molar-refractivity contribution in [2.75, 3.05) is 13.6 Å². The number of likely N-dealkylation sites (N-methyl/N-ethyl adjacent to an activating group) is 1. The minimum Gasteiger partial charge on any atom is -0.341 e. The van der Waals surface area contributed by atoms with Crippen LogP contribution in [0.1, 0.15) is 34.5 Å². The molecule has 0 amide bonds. The number of rotatable bonds is 1. The Kier molecular flexibility index (Phi) is 3.09. The van der Waals surface area contributed by atoms with E-state index in [-0.39, 0.29) is 0 Å². The number of fused-ring (bicyclic) bond motifs is 3. The SMILES string of the molecule is Cc1ccc2c(c1)c1c3n2CC(c2ccccc2)NC3CN(C)C1. The van der Waals surface area contributed by atoms with Gasteiger partial charge in [0.05, 0.1) is 12.1 Å². The summed E-state index contributed by atoms with van der Waals surface area (Å²) in [5.41, 5.74) is 7.16. The maximum absolute atomic E-state index is 3.91. The topological polar surface area (TPSA) is 20.2 Å². The van der Waals surface area contributed by atoms with E-state index in [2.05, 4.69) is 77.3 Å². The highest BCUT2D eigenvalue weighted by atomic mass is 15.2. The van der Waals surface area contributed by atoms with Crippen molar-refractivity contribution in [2.24, 2.45) is 0 Å². The van der Waals surface area contributed by atoms with Gasteiger partial charge in [0.25, 0.3) is 0 Å². The molecule has 5 rings (SSSR count). The van der Waals surface area contributed by atoms with Crippen molar-refractivity contribution < 1.29 is 0 Å². The van der Waals surface area contributed by atoms with Crippen LogP contribution in [0.25, 0.3) is 10.9 Å². The van der Waals surface area contributed by atoms with Crippen LogP contribution in [-0.2, 0) is 13.1 Å². The molecule has 2 aliphatic rings. The number of nitrogens with zero attached hydrogens (tertiary/aromatic N) is 2. The zero-order chi connectivity index (χ0) is 16.3. The van der Waals surface area contributed by atoms with Gasteiger partial charge < -0.3 is 9.47 Å². The molecular formula is C21H23N3. The summed E-state index contributed by atoms with van der Waals surface area (Å²) in [4.78, 5) is 2.44. The van der Waals surface area contributed by atoms with Crippen LogP contribution in [0.5, 0.6) is 0 Å². The molecule has 3 heterocycles. The molecule has 2 aliphatic heterocycles. The monoisotopic (exact) mass is 317 g/mol. The third-order valence-electron chi connectivity index (χ3n) is 5.59. The van der Waals surface area contributed by atoms with Crippen LogP contribution >= 0.6 is 0 Å². The summed E-state index contributed by atoms with van der Waals surface area (Å²) in [6.45, 7) is 5.33. The van der Waals surface area contributed by atoms with Crippen LogP contribution in [0.2, 0.25) is 0 Å². The highest BCUT2D eigenvalue weighted by molar-refractivity contribution is 5.87. The number of aryl methyl sites for hydroxylation is 1. The summed E-state index contributed by atoms with van der Waals surface area (Å²) in [5, 5.41) is 5.35. The van der Waals surface area contributed by atoms with Crippen LogP contribution in [0, 0.1) is 6.92 Å².